The van der Waals surface area contributed by atoms with Crippen LogP contribution in [0.3, 0.4) is 0 Å². The van der Waals surface area contributed by atoms with E-state index in [9.17, 15) is 9.18 Å². The summed E-state index contributed by atoms with van der Waals surface area (Å²) >= 11 is 0. The van der Waals surface area contributed by atoms with Crippen molar-refractivity contribution in [2.75, 3.05) is 18.1 Å². The molecule has 186 valence electrons. The summed E-state index contributed by atoms with van der Waals surface area (Å²) < 4.78 is 30.5. The van der Waals surface area contributed by atoms with E-state index >= 15 is 0 Å². The maximum absolute atomic E-state index is 13.5. The van der Waals surface area contributed by atoms with Crippen molar-refractivity contribution in [3.8, 4) is 22.9 Å². The highest BCUT2D eigenvalue weighted by atomic mass is 19.1. The van der Waals surface area contributed by atoms with E-state index in [0.29, 0.717) is 53.1 Å². The summed E-state index contributed by atoms with van der Waals surface area (Å²) in [7, 11) is 0. The first-order valence-electron chi connectivity index (χ1n) is 11.9. The van der Waals surface area contributed by atoms with Crippen molar-refractivity contribution in [3.63, 3.8) is 0 Å². The van der Waals surface area contributed by atoms with Crippen LogP contribution in [0.25, 0.3) is 17.0 Å². The molecule has 2 aliphatic heterocycles. The molecular weight excluding hydrogens is 475 g/mol. The molecule has 1 atom stereocenters. The van der Waals surface area contributed by atoms with Crippen molar-refractivity contribution < 1.29 is 23.2 Å². The predicted molar refractivity (Wildman–Crippen MR) is 135 cm³/mol. The van der Waals surface area contributed by atoms with Crippen LogP contribution in [-0.4, -0.2) is 29.4 Å². The number of anilines is 1. The molecule has 0 bridgehead atoms. The summed E-state index contributed by atoms with van der Waals surface area (Å²) in [5.41, 5.74) is 4.47. The zero-order valence-corrected chi connectivity index (χ0v) is 20.2. The third-order valence-electron chi connectivity index (χ3n) is 6.44. The van der Waals surface area contributed by atoms with Crippen LogP contribution in [-0.2, 0) is 0 Å². The molecule has 9 heteroatoms. The van der Waals surface area contributed by atoms with E-state index in [2.05, 4.69) is 15.5 Å². The average Bonchev–Trinajstić information content (AvgIpc) is 3.39. The van der Waals surface area contributed by atoms with E-state index in [1.165, 1.54) is 12.1 Å². The molecule has 0 fully saturated rings. The van der Waals surface area contributed by atoms with Gasteiger partial charge in [0.05, 0.1) is 17.3 Å². The molecule has 0 aliphatic carbocycles. The van der Waals surface area contributed by atoms with Gasteiger partial charge in [-0.15, -0.1) is 0 Å². The summed E-state index contributed by atoms with van der Waals surface area (Å²) in [6.45, 7) is 4.76. The summed E-state index contributed by atoms with van der Waals surface area (Å²) in [5.74, 6) is 1.43. The second kappa shape index (κ2) is 9.09. The number of ether oxygens (including phenoxy) is 2. The maximum atomic E-state index is 13.5. The zero-order valence-electron chi connectivity index (χ0n) is 20.2. The van der Waals surface area contributed by atoms with Gasteiger partial charge in [0.25, 0.3) is 5.89 Å². The Hall–Kier alpha value is -4.66. The minimum Gasteiger partial charge on any atom is -0.486 e. The fourth-order valence-corrected chi connectivity index (χ4v) is 4.56. The van der Waals surface area contributed by atoms with Crippen LogP contribution in [0.4, 0.5) is 14.9 Å². The van der Waals surface area contributed by atoms with E-state index in [4.69, 9.17) is 14.0 Å². The minimum absolute atomic E-state index is 0.255. The van der Waals surface area contributed by atoms with Crippen LogP contribution in [0.2, 0.25) is 0 Å². The van der Waals surface area contributed by atoms with Gasteiger partial charge in [0, 0.05) is 17.3 Å². The van der Waals surface area contributed by atoms with Gasteiger partial charge in [0.1, 0.15) is 19.0 Å². The third-order valence-corrected chi connectivity index (χ3v) is 6.44. The number of aromatic nitrogens is 2. The van der Waals surface area contributed by atoms with Gasteiger partial charge in [0.15, 0.2) is 11.5 Å². The van der Waals surface area contributed by atoms with Crippen LogP contribution in [0.1, 0.15) is 30.0 Å². The molecule has 8 nitrogen and oxygen atoms in total. The Labute approximate surface area is 212 Å². The molecule has 3 aromatic carbocycles. The lowest BCUT2D eigenvalue weighted by Gasteiger charge is -2.35. The monoisotopic (exact) mass is 498 g/mol. The molecule has 4 aromatic rings. The fourth-order valence-electron chi connectivity index (χ4n) is 4.56. The summed E-state index contributed by atoms with van der Waals surface area (Å²) in [5, 5.41) is 7.23. The standard InChI is InChI=1S/C28H23FN4O4/c1-16-3-5-18(6-4-16)25-24(27-31-26(32-37-27)19-7-9-20(29)10-8-19)17(2)33(28(34)30-25)21-11-12-22-23(15-21)36-14-13-35-22/h3-12,15,25H,13-14H2,1-2H3,(H,30,34). The van der Waals surface area contributed by atoms with Crippen LogP contribution < -0.4 is 19.7 Å². The molecular formula is C28H23FN4O4. The van der Waals surface area contributed by atoms with Gasteiger partial charge >= 0.3 is 6.03 Å². The SMILES string of the molecule is CC1=C(c2nc(-c3ccc(F)cc3)no2)C(c2ccc(C)cc2)NC(=O)N1c1ccc2c(c1)OCCO2. The molecule has 1 N–H and O–H groups in total. The van der Waals surface area contributed by atoms with E-state index < -0.39 is 6.04 Å². The molecule has 2 amide bonds. The number of nitrogens with one attached hydrogen (secondary N) is 1. The normalized spacial score (nSPS) is 17.1. The topological polar surface area (TPSA) is 89.7 Å². The highest BCUT2D eigenvalue weighted by Crippen LogP contribution is 2.41. The first-order valence-corrected chi connectivity index (χ1v) is 11.9. The Bertz CT molecular complexity index is 1510. The molecule has 0 saturated heterocycles. The van der Waals surface area contributed by atoms with E-state index in [1.807, 2.05) is 38.1 Å². The first kappa shape index (κ1) is 22.8. The molecule has 2 aliphatic rings. The number of urea groups is 1. The van der Waals surface area contributed by atoms with Gasteiger partial charge in [0.2, 0.25) is 5.82 Å². The molecule has 0 spiro atoms. The molecule has 1 unspecified atom stereocenters. The van der Waals surface area contributed by atoms with E-state index in [0.717, 1.165) is 11.1 Å². The Morgan fingerprint density at radius 2 is 1.68 bits per heavy atom. The Kier molecular flexibility index (Phi) is 5.60. The number of allylic oxidation sites excluding steroid dienone is 1. The maximum Gasteiger partial charge on any atom is 0.327 e. The molecule has 0 radical (unpaired) electrons. The van der Waals surface area contributed by atoms with Crippen molar-refractivity contribution in [1.29, 1.82) is 0 Å². The summed E-state index contributed by atoms with van der Waals surface area (Å²) in [6.07, 6.45) is 0. The van der Waals surface area contributed by atoms with Crippen molar-refractivity contribution in [2.24, 2.45) is 0 Å². The number of hydrogen-bond acceptors (Lipinski definition) is 6. The summed E-state index contributed by atoms with van der Waals surface area (Å²) in [6, 6.07) is 18.3. The van der Waals surface area contributed by atoms with Gasteiger partial charge < -0.3 is 19.3 Å². The van der Waals surface area contributed by atoms with Crippen molar-refractivity contribution >= 4 is 17.3 Å². The molecule has 37 heavy (non-hydrogen) atoms. The largest absolute Gasteiger partial charge is 0.486 e. The fraction of sp³-hybridized carbons (Fsp3) is 0.179. The minimum atomic E-state index is -0.525. The second-order valence-corrected chi connectivity index (χ2v) is 8.89. The lowest BCUT2D eigenvalue weighted by atomic mass is 9.94. The van der Waals surface area contributed by atoms with Gasteiger partial charge in [-0.1, -0.05) is 35.0 Å². The highest BCUT2D eigenvalue weighted by molar-refractivity contribution is 6.01. The number of benzene rings is 3. The van der Waals surface area contributed by atoms with Gasteiger partial charge in [-0.3, -0.25) is 4.90 Å². The number of carbonyl (C=O) groups is 1. The van der Waals surface area contributed by atoms with Crippen LogP contribution in [0, 0.1) is 12.7 Å². The molecule has 3 heterocycles. The first-order chi connectivity index (χ1) is 18.0. The lowest BCUT2D eigenvalue weighted by Crippen LogP contribution is -2.46. The third kappa shape index (κ3) is 4.18. The number of carbonyl (C=O) groups excluding carboxylic acids is 1. The zero-order chi connectivity index (χ0) is 25.5. The van der Waals surface area contributed by atoms with Gasteiger partial charge in [-0.2, -0.15) is 4.98 Å². The lowest BCUT2D eigenvalue weighted by molar-refractivity contribution is 0.171. The van der Waals surface area contributed by atoms with Crippen LogP contribution in [0.15, 0.2) is 77.0 Å². The number of amides is 2. The summed E-state index contributed by atoms with van der Waals surface area (Å²) in [4.78, 5) is 19.6. The van der Waals surface area contributed by atoms with Crippen molar-refractivity contribution in [2.45, 2.75) is 19.9 Å². The number of nitrogens with zero attached hydrogens (tertiary/aromatic N) is 3. The second-order valence-electron chi connectivity index (χ2n) is 8.89. The number of rotatable bonds is 4. The van der Waals surface area contributed by atoms with Gasteiger partial charge in [-0.05, 0) is 55.8 Å². The molecule has 0 saturated carbocycles. The quantitative estimate of drug-likeness (QED) is 0.391. The Morgan fingerprint density at radius 1 is 0.946 bits per heavy atom. The predicted octanol–water partition coefficient (Wildman–Crippen LogP) is 5.66. The van der Waals surface area contributed by atoms with Crippen LogP contribution in [0.5, 0.6) is 11.5 Å². The number of hydrogen-bond donors (Lipinski definition) is 1. The highest BCUT2D eigenvalue weighted by Gasteiger charge is 2.37. The smallest absolute Gasteiger partial charge is 0.327 e. The Morgan fingerprint density at radius 3 is 2.43 bits per heavy atom. The molecule has 6 rings (SSSR count). The number of halogens is 1. The molecule has 1 aromatic heterocycles. The average molecular weight is 499 g/mol. The number of aryl methyl sites for hydroxylation is 1. The number of fused-ring (bicyclic) bond motifs is 1. The van der Waals surface area contributed by atoms with E-state index in [1.54, 1.807) is 35.2 Å². The van der Waals surface area contributed by atoms with E-state index in [-0.39, 0.29) is 17.7 Å². The van der Waals surface area contributed by atoms with Gasteiger partial charge in [-0.25, -0.2) is 9.18 Å². The Balaban J connectivity index is 1.47. The van der Waals surface area contributed by atoms with Crippen LogP contribution >= 0.6 is 0 Å². The van der Waals surface area contributed by atoms with Crippen molar-refractivity contribution in [1.82, 2.24) is 15.5 Å². The van der Waals surface area contributed by atoms with Crippen molar-refractivity contribution in [3.05, 3.63) is 95.3 Å².